The molecule has 1 fully saturated rings. The van der Waals surface area contributed by atoms with Crippen LogP contribution in [-0.4, -0.2) is 40.3 Å². The molecule has 2 aromatic heterocycles. The van der Waals surface area contributed by atoms with Gasteiger partial charge in [-0.3, -0.25) is 4.79 Å². The number of carbonyl (C=O) groups is 1. The lowest BCUT2D eigenvalue weighted by Crippen LogP contribution is -2.31. The Morgan fingerprint density at radius 1 is 1.52 bits per heavy atom. The first-order chi connectivity index (χ1) is 10.3. The average Bonchev–Trinajstić information content (AvgIpc) is 3.24. The van der Waals surface area contributed by atoms with Crippen molar-refractivity contribution >= 4 is 17.2 Å². The fraction of sp³-hybridized carbons (Fsp3) is 0.538. The molecule has 0 aliphatic carbocycles. The first kappa shape index (κ1) is 14.2. The van der Waals surface area contributed by atoms with Crippen LogP contribution in [0, 0.1) is 0 Å². The third kappa shape index (κ3) is 3.27. The summed E-state index contributed by atoms with van der Waals surface area (Å²) >= 11 is 1.26. The number of aromatic nitrogens is 3. The van der Waals surface area contributed by atoms with Gasteiger partial charge in [0.05, 0.1) is 6.10 Å². The molecule has 0 radical (unpaired) electrons. The van der Waals surface area contributed by atoms with E-state index in [2.05, 4.69) is 20.4 Å². The molecule has 112 valence electrons. The van der Waals surface area contributed by atoms with Crippen molar-refractivity contribution in [2.75, 3.05) is 13.2 Å². The summed E-state index contributed by atoms with van der Waals surface area (Å²) in [5, 5.41) is 8.79. The van der Waals surface area contributed by atoms with E-state index in [0.717, 1.165) is 19.4 Å². The lowest BCUT2D eigenvalue weighted by atomic mass is 10.2. The van der Waals surface area contributed by atoms with Crippen LogP contribution in [-0.2, 0) is 11.2 Å². The van der Waals surface area contributed by atoms with E-state index in [1.54, 1.807) is 5.38 Å². The van der Waals surface area contributed by atoms with E-state index in [-0.39, 0.29) is 12.0 Å². The Balaban J connectivity index is 1.62. The number of hydrogen-bond donors (Lipinski definition) is 1. The predicted molar refractivity (Wildman–Crippen MR) is 76.1 cm³/mol. The van der Waals surface area contributed by atoms with Gasteiger partial charge in [0.1, 0.15) is 5.69 Å². The van der Waals surface area contributed by atoms with E-state index in [9.17, 15) is 4.79 Å². The molecule has 1 aliphatic heterocycles. The molecule has 0 aromatic carbocycles. The van der Waals surface area contributed by atoms with Gasteiger partial charge in [-0.25, -0.2) is 4.98 Å². The number of carbonyl (C=O) groups excluding carboxylic acids is 1. The fourth-order valence-corrected chi connectivity index (χ4v) is 2.77. The Morgan fingerprint density at radius 3 is 3.14 bits per heavy atom. The van der Waals surface area contributed by atoms with Gasteiger partial charge < -0.3 is 14.6 Å². The molecule has 8 heteroatoms. The predicted octanol–water partition coefficient (Wildman–Crippen LogP) is 1.66. The van der Waals surface area contributed by atoms with E-state index >= 15 is 0 Å². The van der Waals surface area contributed by atoms with Gasteiger partial charge in [-0.2, -0.15) is 4.98 Å². The summed E-state index contributed by atoms with van der Waals surface area (Å²) in [6, 6.07) is 0. The first-order valence-electron chi connectivity index (χ1n) is 6.94. The number of rotatable bonds is 5. The second-order valence-electron chi connectivity index (χ2n) is 4.75. The molecule has 1 N–H and O–H groups in total. The van der Waals surface area contributed by atoms with E-state index in [4.69, 9.17) is 9.26 Å². The van der Waals surface area contributed by atoms with Crippen LogP contribution < -0.4 is 5.32 Å². The third-order valence-electron chi connectivity index (χ3n) is 3.22. The molecule has 1 saturated heterocycles. The summed E-state index contributed by atoms with van der Waals surface area (Å²) in [7, 11) is 0. The maximum absolute atomic E-state index is 12.0. The molecule has 1 amide bonds. The Labute approximate surface area is 125 Å². The van der Waals surface area contributed by atoms with Gasteiger partial charge in [0, 0.05) is 25.0 Å². The normalized spacial score (nSPS) is 18.0. The van der Waals surface area contributed by atoms with Crippen LogP contribution in [0.25, 0.3) is 11.6 Å². The van der Waals surface area contributed by atoms with E-state index < -0.39 is 0 Å². The largest absolute Gasteiger partial charge is 0.376 e. The van der Waals surface area contributed by atoms with Crippen molar-refractivity contribution in [3.05, 3.63) is 16.2 Å². The zero-order valence-electron chi connectivity index (χ0n) is 11.7. The molecule has 0 unspecified atom stereocenters. The highest BCUT2D eigenvalue weighted by atomic mass is 32.1. The van der Waals surface area contributed by atoms with Gasteiger partial charge >= 0.3 is 0 Å². The minimum absolute atomic E-state index is 0.122. The smallest absolute Gasteiger partial charge is 0.280 e. The monoisotopic (exact) mass is 308 g/mol. The molecule has 7 nitrogen and oxygen atoms in total. The average molecular weight is 308 g/mol. The SMILES string of the molecule is CCc1noc(-c2csc(C(=O)NC[C@H]3CCCO3)n2)n1. The van der Waals surface area contributed by atoms with Crippen LogP contribution >= 0.6 is 11.3 Å². The lowest BCUT2D eigenvalue weighted by Gasteiger charge is -2.09. The Hall–Kier alpha value is -1.80. The van der Waals surface area contributed by atoms with Crippen LogP contribution in [0.2, 0.25) is 0 Å². The maximum atomic E-state index is 12.0. The zero-order valence-corrected chi connectivity index (χ0v) is 12.5. The number of hydrogen-bond acceptors (Lipinski definition) is 7. The number of nitrogens with zero attached hydrogens (tertiary/aromatic N) is 3. The van der Waals surface area contributed by atoms with E-state index in [1.165, 1.54) is 11.3 Å². The number of thiazole rings is 1. The maximum Gasteiger partial charge on any atom is 0.280 e. The van der Waals surface area contributed by atoms with Gasteiger partial charge in [-0.05, 0) is 12.8 Å². The highest BCUT2D eigenvalue weighted by molar-refractivity contribution is 7.12. The fourth-order valence-electron chi connectivity index (χ4n) is 2.07. The summed E-state index contributed by atoms with van der Waals surface area (Å²) in [5.41, 5.74) is 0.537. The topological polar surface area (TPSA) is 90.1 Å². The minimum Gasteiger partial charge on any atom is -0.376 e. The Kier molecular flexibility index (Phi) is 4.26. The van der Waals surface area contributed by atoms with Crippen molar-refractivity contribution in [3.8, 4) is 11.6 Å². The van der Waals surface area contributed by atoms with Gasteiger partial charge in [0.25, 0.3) is 11.8 Å². The van der Waals surface area contributed by atoms with Crippen molar-refractivity contribution in [3.63, 3.8) is 0 Å². The number of ether oxygens (including phenoxy) is 1. The first-order valence-corrected chi connectivity index (χ1v) is 7.82. The van der Waals surface area contributed by atoms with Crippen LogP contribution in [0.1, 0.15) is 35.4 Å². The molecule has 1 aliphatic rings. The van der Waals surface area contributed by atoms with Crippen LogP contribution in [0.4, 0.5) is 0 Å². The van der Waals surface area contributed by atoms with Crippen molar-refractivity contribution < 1.29 is 14.1 Å². The summed E-state index contributed by atoms with van der Waals surface area (Å²) < 4.78 is 10.6. The molecule has 1 atom stereocenters. The number of amides is 1. The summed E-state index contributed by atoms with van der Waals surface area (Å²) in [5.74, 6) is 0.778. The molecular formula is C13H16N4O3S. The van der Waals surface area contributed by atoms with Crippen LogP contribution in [0.15, 0.2) is 9.90 Å². The minimum atomic E-state index is -0.197. The second-order valence-corrected chi connectivity index (χ2v) is 5.61. The van der Waals surface area contributed by atoms with Gasteiger partial charge in [-0.1, -0.05) is 12.1 Å². The molecular weight excluding hydrogens is 292 g/mol. The lowest BCUT2D eigenvalue weighted by molar-refractivity contribution is 0.0857. The molecule has 0 bridgehead atoms. The summed E-state index contributed by atoms with van der Waals surface area (Å²) in [4.78, 5) is 20.5. The second kappa shape index (κ2) is 6.31. The summed E-state index contributed by atoms with van der Waals surface area (Å²) in [6.07, 6.45) is 2.86. The highest BCUT2D eigenvalue weighted by Gasteiger charge is 2.19. The van der Waals surface area contributed by atoms with E-state index in [0.29, 0.717) is 35.4 Å². The quantitative estimate of drug-likeness (QED) is 0.903. The van der Waals surface area contributed by atoms with Crippen LogP contribution in [0.5, 0.6) is 0 Å². The molecule has 3 rings (SSSR count). The van der Waals surface area contributed by atoms with Gasteiger partial charge in [-0.15, -0.1) is 11.3 Å². The Morgan fingerprint density at radius 2 is 2.43 bits per heavy atom. The zero-order chi connectivity index (χ0) is 14.7. The van der Waals surface area contributed by atoms with Crippen molar-refractivity contribution in [2.45, 2.75) is 32.3 Å². The number of aryl methyl sites for hydroxylation is 1. The van der Waals surface area contributed by atoms with Crippen molar-refractivity contribution in [1.29, 1.82) is 0 Å². The van der Waals surface area contributed by atoms with Crippen molar-refractivity contribution in [1.82, 2.24) is 20.4 Å². The molecule has 0 saturated carbocycles. The molecule has 0 spiro atoms. The third-order valence-corrected chi connectivity index (χ3v) is 4.06. The standard InChI is InChI=1S/C13H16N4O3S/c1-2-10-16-12(20-17-10)9-7-21-13(15-9)11(18)14-6-8-4-3-5-19-8/h7-8H,2-6H2,1H3,(H,14,18)/t8-/m1/s1. The number of nitrogens with one attached hydrogen (secondary N) is 1. The van der Waals surface area contributed by atoms with Crippen molar-refractivity contribution in [2.24, 2.45) is 0 Å². The molecule has 2 aromatic rings. The highest BCUT2D eigenvalue weighted by Crippen LogP contribution is 2.20. The van der Waals surface area contributed by atoms with Gasteiger partial charge in [0.15, 0.2) is 10.8 Å². The Bertz CT molecular complexity index is 618. The van der Waals surface area contributed by atoms with Gasteiger partial charge in [0.2, 0.25) is 0 Å². The molecule has 3 heterocycles. The molecule has 21 heavy (non-hydrogen) atoms. The van der Waals surface area contributed by atoms with E-state index in [1.807, 2.05) is 6.92 Å². The van der Waals surface area contributed by atoms with Crippen LogP contribution in [0.3, 0.4) is 0 Å². The summed E-state index contributed by atoms with van der Waals surface area (Å²) in [6.45, 7) is 3.24.